The number of benzene rings is 1. The van der Waals surface area contributed by atoms with Crippen molar-refractivity contribution in [3.05, 3.63) is 24.0 Å². The number of halogens is 1. The highest BCUT2D eigenvalue weighted by molar-refractivity contribution is 5.88. The number of anilines is 1. The van der Waals surface area contributed by atoms with Crippen molar-refractivity contribution in [3.8, 4) is 0 Å². The molecule has 1 aromatic carbocycles. The van der Waals surface area contributed by atoms with E-state index >= 15 is 0 Å². The zero-order valence-electron chi connectivity index (χ0n) is 21.8. The van der Waals surface area contributed by atoms with E-state index in [1.54, 1.807) is 6.07 Å². The normalized spacial score (nSPS) is 27.3. The van der Waals surface area contributed by atoms with Crippen molar-refractivity contribution in [3.63, 3.8) is 0 Å². The first-order chi connectivity index (χ1) is 17.3. The number of fused-ring (bicyclic) bond motifs is 1. The highest BCUT2D eigenvalue weighted by Crippen LogP contribution is 2.32. The Balaban J connectivity index is 0.991. The van der Waals surface area contributed by atoms with Gasteiger partial charge < -0.3 is 19.5 Å². The number of rotatable bonds is 7. The molecule has 1 unspecified atom stereocenters. The summed E-state index contributed by atoms with van der Waals surface area (Å²) >= 11 is 0. The second-order valence-electron chi connectivity index (χ2n) is 11.7. The minimum atomic E-state index is -0.261. The molecule has 8 heteroatoms. The Morgan fingerprint density at radius 3 is 2.64 bits per heavy atom. The molecule has 2 saturated heterocycles. The van der Waals surface area contributed by atoms with E-state index in [9.17, 15) is 9.18 Å². The average molecular weight is 501 g/mol. The molecule has 0 bridgehead atoms. The number of piperazine rings is 1. The Labute approximate surface area is 213 Å². The third-order valence-corrected chi connectivity index (χ3v) is 8.42. The van der Waals surface area contributed by atoms with Crippen molar-refractivity contribution in [1.29, 1.82) is 0 Å². The first-order valence-electron chi connectivity index (χ1n) is 13.8. The minimum absolute atomic E-state index is 0.0994. The van der Waals surface area contributed by atoms with Crippen molar-refractivity contribution in [2.75, 3.05) is 44.2 Å². The Morgan fingerprint density at radius 1 is 1.11 bits per heavy atom. The lowest BCUT2D eigenvalue weighted by Gasteiger charge is -2.36. The first-order valence-corrected chi connectivity index (χ1v) is 13.8. The maximum atomic E-state index is 13.7. The van der Waals surface area contributed by atoms with Crippen molar-refractivity contribution in [1.82, 2.24) is 15.4 Å². The van der Waals surface area contributed by atoms with Gasteiger partial charge in [0.25, 0.3) is 0 Å². The smallest absolute Gasteiger partial charge is 0.220 e. The fourth-order valence-corrected chi connectivity index (χ4v) is 6.35. The maximum absolute atomic E-state index is 13.7. The number of aromatic nitrogens is 1. The van der Waals surface area contributed by atoms with Crippen LogP contribution in [0.25, 0.3) is 11.0 Å². The molecule has 0 radical (unpaired) electrons. The summed E-state index contributed by atoms with van der Waals surface area (Å²) in [6, 6.07) is 4.90. The van der Waals surface area contributed by atoms with Gasteiger partial charge in [0.15, 0.2) is 11.4 Å². The van der Waals surface area contributed by atoms with E-state index in [-0.39, 0.29) is 17.3 Å². The molecule has 1 aliphatic carbocycles. The molecule has 1 aromatic heterocycles. The van der Waals surface area contributed by atoms with Crippen LogP contribution in [0.15, 0.2) is 22.7 Å². The van der Waals surface area contributed by atoms with Crippen molar-refractivity contribution >= 4 is 22.7 Å². The first kappa shape index (κ1) is 25.5. The van der Waals surface area contributed by atoms with Crippen LogP contribution in [0.3, 0.4) is 0 Å². The zero-order chi connectivity index (χ0) is 25.1. The molecule has 5 rings (SSSR count). The topological polar surface area (TPSA) is 70.8 Å². The molecule has 1 N–H and O–H groups in total. The quantitative estimate of drug-likeness (QED) is 0.592. The number of ether oxygens (including phenoxy) is 1. The number of hydrogen-bond donors (Lipinski definition) is 1. The van der Waals surface area contributed by atoms with Gasteiger partial charge >= 0.3 is 0 Å². The molecule has 1 atom stereocenters. The summed E-state index contributed by atoms with van der Waals surface area (Å²) in [6.07, 6.45) is 8.41. The summed E-state index contributed by atoms with van der Waals surface area (Å²) < 4.78 is 24.9. The van der Waals surface area contributed by atoms with Crippen LogP contribution in [-0.2, 0) is 9.53 Å². The lowest BCUT2D eigenvalue weighted by Crippen LogP contribution is -2.47. The molecule has 3 aliphatic rings. The average Bonchev–Trinajstić information content (AvgIpc) is 3.26. The van der Waals surface area contributed by atoms with Crippen LogP contribution in [0.2, 0.25) is 0 Å². The van der Waals surface area contributed by atoms with E-state index in [1.807, 2.05) is 0 Å². The van der Waals surface area contributed by atoms with Crippen LogP contribution in [0, 0.1) is 17.7 Å². The molecule has 0 spiro atoms. The second-order valence-corrected chi connectivity index (χ2v) is 11.7. The Hall–Kier alpha value is -2.19. The van der Waals surface area contributed by atoms with Crippen LogP contribution in [-0.4, -0.2) is 66.9 Å². The van der Waals surface area contributed by atoms with E-state index in [2.05, 4.69) is 34.1 Å². The number of carbonyl (C=O) groups excluding carboxylic acids is 1. The largest absolute Gasteiger partial charge is 0.376 e. The van der Waals surface area contributed by atoms with Gasteiger partial charge in [-0.1, -0.05) is 5.16 Å². The van der Waals surface area contributed by atoms with Gasteiger partial charge in [-0.25, -0.2) is 4.39 Å². The third kappa shape index (κ3) is 6.38. The third-order valence-electron chi connectivity index (χ3n) is 8.42. The lowest BCUT2D eigenvalue weighted by atomic mass is 9.83. The number of nitrogens with zero attached hydrogens (tertiary/aromatic N) is 3. The molecule has 1 amide bonds. The van der Waals surface area contributed by atoms with E-state index in [4.69, 9.17) is 9.26 Å². The number of carbonyl (C=O) groups is 1. The van der Waals surface area contributed by atoms with Gasteiger partial charge in [-0.05, 0) is 95.4 Å². The monoisotopic (exact) mass is 500 g/mol. The van der Waals surface area contributed by atoms with E-state index in [0.29, 0.717) is 24.0 Å². The lowest BCUT2D eigenvalue weighted by molar-refractivity contribution is -0.125. The summed E-state index contributed by atoms with van der Waals surface area (Å²) in [5.41, 5.74) is 0.533. The van der Waals surface area contributed by atoms with Crippen molar-refractivity contribution in [2.45, 2.75) is 76.9 Å². The summed E-state index contributed by atoms with van der Waals surface area (Å²) in [4.78, 5) is 17.3. The van der Waals surface area contributed by atoms with Gasteiger partial charge in [0.1, 0.15) is 5.82 Å². The van der Waals surface area contributed by atoms with Gasteiger partial charge in [0.2, 0.25) is 5.91 Å². The van der Waals surface area contributed by atoms with Crippen LogP contribution in [0.4, 0.5) is 10.2 Å². The van der Waals surface area contributed by atoms with Crippen molar-refractivity contribution < 1.29 is 18.4 Å². The SMILES string of the molecule is CC1(C)CC(CC(=O)NC2CCC(CCN3CCN(c4noc5ccc(F)cc45)CC3)CC2)CCO1. The maximum Gasteiger partial charge on any atom is 0.220 e. The van der Waals surface area contributed by atoms with Crippen LogP contribution in [0.5, 0.6) is 0 Å². The molecule has 198 valence electrons. The Morgan fingerprint density at radius 2 is 1.89 bits per heavy atom. The molecule has 3 fully saturated rings. The molecule has 2 aliphatic heterocycles. The van der Waals surface area contributed by atoms with E-state index in [1.165, 1.54) is 31.4 Å². The van der Waals surface area contributed by atoms with Gasteiger partial charge in [0, 0.05) is 45.2 Å². The van der Waals surface area contributed by atoms with Crippen LogP contribution < -0.4 is 10.2 Å². The fraction of sp³-hybridized carbons (Fsp3) is 0.714. The van der Waals surface area contributed by atoms with E-state index in [0.717, 1.165) is 82.1 Å². The Bertz CT molecular complexity index is 1020. The van der Waals surface area contributed by atoms with E-state index < -0.39 is 0 Å². The summed E-state index contributed by atoms with van der Waals surface area (Å²) in [7, 11) is 0. The van der Waals surface area contributed by atoms with Gasteiger partial charge in [-0.3, -0.25) is 9.69 Å². The molecular weight excluding hydrogens is 459 g/mol. The van der Waals surface area contributed by atoms with Crippen LogP contribution in [0.1, 0.15) is 65.2 Å². The molecule has 36 heavy (non-hydrogen) atoms. The van der Waals surface area contributed by atoms with Crippen molar-refractivity contribution in [2.24, 2.45) is 11.8 Å². The molecule has 2 aromatic rings. The van der Waals surface area contributed by atoms with Gasteiger partial charge in [0.05, 0.1) is 11.0 Å². The second kappa shape index (κ2) is 11.1. The fourth-order valence-electron chi connectivity index (χ4n) is 6.35. The van der Waals surface area contributed by atoms with Gasteiger partial charge in [-0.2, -0.15) is 0 Å². The number of amides is 1. The summed E-state index contributed by atoms with van der Waals surface area (Å²) in [5, 5.41) is 8.28. The van der Waals surface area contributed by atoms with Gasteiger partial charge in [-0.15, -0.1) is 0 Å². The predicted molar refractivity (Wildman–Crippen MR) is 138 cm³/mol. The number of nitrogens with one attached hydrogen (secondary N) is 1. The highest BCUT2D eigenvalue weighted by atomic mass is 19.1. The number of hydrogen-bond acceptors (Lipinski definition) is 6. The Kier molecular flexibility index (Phi) is 7.82. The molecule has 1 saturated carbocycles. The minimum Gasteiger partial charge on any atom is -0.376 e. The molecule has 7 nitrogen and oxygen atoms in total. The molecular formula is C28H41FN4O3. The molecule has 3 heterocycles. The summed E-state index contributed by atoms with van der Waals surface area (Å²) in [5.74, 6) is 1.90. The van der Waals surface area contributed by atoms with Crippen LogP contribution >= 0.6 is 0 Å². The predicted octanol–water partition coefficient (Wildman–Crippen LogP) is 4.75. The highest BCUT2D eigenvalue weighted by Gasteiger charge is 2.31. The summed E-state index contributed by atoms with van der Waals surface area (Å²) in [6.45, 7) is 9.85. The standard InChI is InChI=1S/C28H41FN4O3/c1-28(2)19-21(10-16-35-28)17-26(34)30-23-6-3-20(4-7-23)9-11-32-12-14-33(15-13-32)27-24-18-22(29)5-8-25(24)36-31-27/h5,8,18,20-21,23H,3-4,6-7,9-17,19H2,1-2H3,(H,30,34). The zero-order valence-corrected chi connectivity index (χ0v) is 21.8.